The normalized spacial score (nSPS) is 50.2. The van der Waals surface area contributed by atoms with Gasteiger partial charge < -0.3 is 19.7 Å². The van der Waals surface area contributed by atoms with E-state index in [1.165, 1.54) is 6.42 Å². The van der Waals surface area contributed by atoms with Crippen molar-refractivity contribution in [2.45, 2.75) is 95.7 Å². The molecule has 0 radical (unpaired) electrons. The fraction of sp³-hybridized carbons (Fsp3) is 0.786. The first-order chi connectivity index (χ1) is 16.2. The lowest BCUT2D eigenvalue weighted by molar-refractivity contribution is -0.209. The maximum atomic E-state index is 13.5. The van der Waals surface area contributed by atoms with Gasteiger partial charge in [0.25, 0.3) is 0 Å². The smallest absolute Gasteiger partial charge is 0.193 e. The molecule has 0 aromatic heterocycles. The van der Waals surface area contributed by atoms with Gasteiger partial charge in [-0.1, -0.05) is 44.8 Å². The number of carbonyl (C=O) groups excluding carboxylic acids is 2. The van der Waals surface area contributed by atoms with Crippen molar-refractivity contribution in [3.8, 4) is 0 Å². The first-order valence-electron chi connectivity index (χ1n) is 13.3. The number of carbonyl (C=O) groups is 2. The lowest BCUT2D eigenvalue weighted by atomic mass is 9.46. The van der Waals surface area contributed by atoms with Gasteiger partial charge in [-0.3, -0.25) is 9.59 Å². The van der Waals surface area contributed by atoms with Gasteiger partial charge >= 0.3 is 0 Å². The zero-order valence-electron chi connectivity index (χ0n) is 20.4. The Bertz CT molecular complexity index is 949. The molecule has 0 bridgehead atoms. The molecular formula is C28H38O6. The molecule has 6 heteroatoms. The van der Waals surface area contributed by atoms with E-state index in [-0.39, 0.29) is 46.8 Å². The van der Waals surface area contributed by atoms with E-state index in [1.807, 2.05) is 6.08 Å². The molecule has 0 amide bonds. The van der Waals surface area contributed by atoms with E-state index in [4.69, 9.17) is 9.47 Å². The Hall–Kier alpha value is -1.34. The Morgan fingerprint density at radius 3 is 2.68 bits per heavy atom. The number of ether oxygens (including phenoxy) is 2. The minimum absolute atomic E-state index is 0.0100. The van der Waals surface area contributed by atoms with Crippen molar-refractivity contribution in [1.82, 2.24) is 0 Å². The van der Waals surface area contributed by atoms with Gasteiger partial charge in [-0.05, 0) is 62.5 Å². The van der Waals surface area contributed by atoms with E-state index in [0.29, 0.717) is 6.42 Å². The zero-order chi connectivity index (χ0) is 23.9. The Kier molecular flexibility index (Phi) is 5.31. The summed E-state index contributed by atoms with van der Waals surface area (Å²) < 4.78 is 13.3. The molecule has 34 heavy (non-hydrogen) atoms. The summed E-state index contributed by atoms with van der Waals surface area (Å²) in [6.07, 6.45) is 12.5. The van der Waals surface area contributed by atoms with Crippen LogP contribution in [0.4, 0.5) is 0 Å². The molecule has 1 heterocycles. The van der Waals surface area contributed by atoms with Crippen LogP contribution in [0, 0.1) is 34.5 Å². The van der Waals surface area contributed by atoms with E-state index in [2.05, 4.69) is 13.8 Å². The van der Waals surface area contributed by atoms with Crippen molar-refractivity contribution < 1.29 is 29.3 Å². The Morgan fingerprint density at radius 1 is 1.18 bits per heavy atom. The summed E-state index contributed by atoms with van der Waals surface area (Å²) in [4.78, 5) is 25.6. The second-order valence-electron chi connectivity index (χ2n) is 12.3. The number of fused-ring (bicyclic) bond motifs is 7. The van der Waals surface area contributed by atoms with E-state index in [0.717, 1.165) is 50.5 Å². The highest BCUT2D eigenvalue weighted by atomic mass is 16.7. The molecule has 1 saturated heterocycles. The molecule has 5 fully saturated rings. The second-order valence-corrected chi connectivity index (χ2v) is 12.3. The van der Waals surface area contributed by atoms with Crippen molar-refractivity contribution in [1.29, 1.82) is 0 Å². The van der Waals surface area contributed by atoms with Crippen molar-refractivity contribution in [2.75, 3.05) is 6.61 Å². The van der Waals surface area contributed by atoms with Crippen molar-refractivity contribution in [3.05, 3.63) is 23.8 Å². The SMILES string of the molecule is C[C@@]12C=CC(=O)C=C1CC[C@H]1[C@H]2[C@H](O)C[C@]2(C)[C@@H]1C[C@@H]1O[C@H](C3CCCCC3)O[C@@]12C(=O)CO. The van der Waals surface area contributed by atoms with Crippen molar-refractivity contribution in [3.63, 3.8) is 0 Å². The van der Waals surface area contributed by atoms with Crippen LogP contribution in [0.5, 0.6) is 0 Å². The van der Waals surface area contributed by atoms with Crippen LogP contribution in [0.3, 0.4) is 0 Å². The van der Waals surface area contributed by atoms with Crippen LogP contribution in [0.1, 0.15) is 71.6 Å². The molecule has 2 N–H and O–H groups in total. The Balaban J connectivity index is 1.37. The van der Waals surface area contributed by atoms with Crippen LogP contribution < -0.4 is 0 Å². The van der Waals surface area contributed by atoms with E-state index >= 15 is 0 Å². The molecular weight excluding hydrogens is 432 g/mol. The molecule has 186 valence electrons. The first kappa shape index (κ1) is 23.1. The fourth-order valence-corrected chi connectivity index (χ4v) is 9.33. The van der Waals surface area contributed by atoms with Gasteiger partial charge in [-0.25, -0.2) is 0 Å². The minimum atomic E-state index is -1.20. The van der Waals surface area contributed by atoms with Crippen LogP contribution in [0.2, 0.25) is 0 Å². The van der Waals surface area contributed by atoms with Crippen molar-refractivity contribution in [2.24, 2.45) is 34.5 Å². The summed E-state index contributed by atoms with van der Waals surface area (Å²) in [5.41, 5.74) is -1.04. The summed E-state index contributed by atoms with van der Waals surface area (Å²) in [5, 5.41) is 21.7. The molecule has 0 aromatic rings. The van der Waals surface area contributed by atoms with Crippen LogP contribution in [-0.4, -0.2) is 52.5 Å². The van der Waals surface area contributed by atoms with Gasteiger partial charge in [0, 0.05) is 22.7 Å². The molecule has 5 aliphatic carbocycles. The summed E-state index contributed by atoms with van der Waals surface area (Å²) in [5.74, 6) is 0.360. The predicted molar refractivity (Wildman–Crippen MR) is 125 cm³/mol. The third-order valence-corrected chi connectivity index (χ3v) is 10.8. The number of rotatable bonds is 3. The minimum Gasteiger partial charge on any atom is -0.393 e. The fourth-order valence-electron chi connectivity index (χ4n) is 9.33. The van der Waals surface area contributed by atoms with E-state index in [9.17, 15) is 19.8 Å². The monoisotopic (exact) mass is 470 g/mol. The molecule has 9 atom stereocenters. The number of Topliss-reactive ketones (excluding diaryl/α,β-unsaturated/α-hetero) is 1. The van der Waals surface area contributed by atoms with Crippen LogP contribution in [0.25, 0.3) is 0 Å². The third kappa shape index (κ3) is 2.89. The molecule has 6 rings (SSSR count). The van der Waals surface area contributed by atoms with Crippen LogP contribution in [-0.2, 0) is 19.1 Å². The maximum Gasteiger partial charge on any atom is 0.193 e. The van der Waals surface area contributed by atoms with Crippen LogP contribution >= 0.6 is 0 Å². The topological polar surface area (TPSA) is 93.1 Å². The predicted octanol–water partition coefficient (Wildman–Crippen LogP) is 3.50. The average molecular weight is 471 g/mol. The number of hydrogen-bond acceptors (Lipinski definition) is 6. The number of aliphatic hydroxyl groups excluding tert-OH is 2. The van der Waals surface area contributed by atoms with Crippen molar-refractivity contribution >= 4 is 11.6 Å². The Morgan fingerprint density at radius 2 is 1.94 bits per heavy atom. The maximum absolute atomic E-state index is 13.5. The number of ketones is 2. The second kappa shape index (κ2) is 7.83. The van der Waals surface area contributed by atoms with Gasteiger partial charge in [0.05, 0.1) is 12.2 Å². The van der Waals surface area contributed by atoms with Gasteiger partial charge in [0.1, 0.15) is 6.61 Å². The molecule has 1 aliphatic heterocycles. The summed E-state index contributed by atoms with van der Waals surface area (Å²) in [6.45, 7) is 3.69. The van der Waals surface area contributed by atoms with Gasteiger partial charge in [0.2, 0.25) is 0 Å². The number of hydrogen-bond donors (Lipinski definition) is 2. The van der Waals surface area contributed by atoms with Gasteiger partial charge in [-0.15, -0.1) is 0 Å². The van der Waals surface area contributed by atoms with Gasteiger partial charge in [-0.2, -0.15) is 0 Å². The first-order valence-corrected chi connectivity index (χ1v) is 13.3. The number of aliphatic hydroxyl groups is 2. The quantitative estimate of drug-likeness (QED) is 0.656. The summed E-state index contributed by atoms with van der Waals surface area (Å²) >= 11 is 0. The largest absolute Gasteiger partial charge is 0.393 e. The molecule has 6 nitrogen and oxygen atoms in total. The lowest BCUT2D eigenvalue weighted by Gasteiger charge is -2.59. The Labute approximate surface area is 201 Å². The average Bonchev–Trinajstić information content (AvgIpc) is 3.32. The molecule has 6 aliphatic rings. The zero-order valence-corrected chi connectivity index (χ0v) is 20.4. The summed E-state index contributed by atoms with van der Waals surface area (Å²) in [7, 11) is 0. The molecule has 0 aromatic carbocycles. The molecule has 0 spiro atoms. The highest BCUT2D eigenvalue weighted by molar-refractivity contribution is 6.01. The lowest BCUT2D eigenvalue weighted by Crippen LogP contribution is -2.63. The highest BCUT2D eigenvalue weighted by Crippen LogP contribution is 2.70. The van der Waals surface area contributed by atoms with Crippen LogP contribution in [0.15, 0.2) is 23.8 Å². The standard InChI is InChI=1S/C28H38O6/c1-26-11-10-18(30)12-17(26)8-9-19-20-13-23-28(22(32)15-29,27(20,2)14-21(31)24(19)26)34-25(33-23)16-6-4-3-5-7-16/h10-12,16,19-21,23-25,29,31H,3-9,13-15H2,1-2H3/t19-,20-,21-,23+,24+,25+,26-,27-,28+/m1/s1. The third-order valence-electron chi connectivity index (χ3n) is 10.8. The highest BCUT2D eigenvalue weighted by Gasteiger charge is 2.76. The number of allylic oxidation sites excluding steroid dienone is 4. The van der Waals surface area contributed by atoms with E-state index < -0.39 is 30.0 Å². The summed E-state index contributed by atoms with van der Waals surface area (Å²) in [6, 6.07) is 0. The molecule has 4 saturated carbocycles. The van der Waals surface area contributed by atoms with Gasteiger partial charge in [0.15, 0.2) is 23.5 Å². The van der Waals surface area contributed by atoms with E-state index in [1.54, 1.807) is 12.2 Å². The molecule has 0 unspecified atom stereocenters.